The molecule has 0 radical (unpaired) electrons. The van der Waals surface area contributed by atoms with Gasteiger partial charge >= 0.3 is 5.97 Å². The van der Waals surface area contributed by atoms with Gasteiger partial charge in [0.25, 0.3) is 0 Å². The molecule has 1 aliphatic heterocycles. The van der Waals surface area contributed by atoms with E-state index in [4.69, 9.17) is 0 Å². The van der Waals surface area contributed by atoms with Crippen molar-refractivity contribution in [1.29, 1.82) is 0 Å². The van der Waals surface area contributed by atoms with E-state index in [1.54, 1.807) is 11.8 Å². The molecule has 1 saturated heterocycles. The molecule has 25 heavy (non-hydrogen) atoms. The van der Waals surface area contributed by atoms with Gasteiger partial charge in [-0.25, -0.2) is 4.98 Å². The Morgan fingerprint density at radius 3 is 2.60 bits per heavy atom. The summed E-state index contributed by atoms with van der Waals surface area (Å²) in [6.07, 6.45) is 5.75. The lowest BCUT2D eigenvalue weighted by atomic mass is 10.0. The number of piperazine rings is 1. The van der Waals surface area contributed by atoms with Gasteiger partial charge in [0.05, 0.1) is 6.54 Å². The van der Waals surface area contributed by atoms with Crippen LogP contribution in [0.1, 0.15) is 17.4 Å². The quantitative estimate of drug-likeness (QED) is 0.796. The highest BCUT2D eigenvalue weighted by atomic mass is 32.2. The molecule has 1 aromatic heterocycles. The molecule has 0 aliphatic carbocycles. The number of carboxylic acids is 1. The summed E-state index contributed by atoms with van der Waals surface area (Å²) < 4.78 is 2.03. The zero-order chi connectivity index (χ0) is 17.8. The minimum Gasteiger partial charge on any atom is -0.480 e. The van der Waals surface area contributed by atoms with Gasteiger partial charge in [0.2, 0.25) is 0 Å². The lowest BCUT2D eigenvalue weighted by Gasteiger charge is -2.38. The average Bonchev–Trinajstić information content (AvgIpc) is 3.01. The summed E-state index contributed by atoms with van der Waals surface area (Å²) >= 11 is 1.60. The summed E-state index contributed by atoms with van der Waals surface area (Å²) in [6.45, 7) is 3.97. The molecule has 1 atom stereocenters. The molecule has 0 unspecified atom stereocenters. The van der Waals surface area contributed by atoms with Crippen molar-refractivity contribution in [3.63, 3.8) is 0 Å². The normalized spacial score (nSPS) is 17.5. The fraction of sp³-hybridized carbons (Fsp3) is 0.444. The zero-order valence-corrected chi connectivity index (χ0v) is 15.4. The van der Waals surface area contributed by atoms with E-state index < -0.39 is 12.0 Å². The number of imidazole rings is 1. The van der Waals surface area contributed by atoms with Crippen LogP contribution in [0.15, 0.2) is 41.6 Å². The molecule has 1 aromatic carbocycles. The van der Waals surface area contributed by atoms with Crippen molar-refractivity contribution >= 4 is 17.7 Å². The second-order valence-corrected chi connectivity index (χ2v) is 7.10. The minimum atomic E-state index is -0.779. The van der Waals surface area contributed by atoms with Gasteiger partial charge in [-0.1, -0.05) is 18.2 Å². The highest BCUT2D eigenvalue weighted by Crippen LogP contribution is 2.30. The maximum atomic E-state index is 12.0. The van der Waals surface area contributed by atoms with Crippen LogP contribution < -0.4 is 0 Å². The van der Waals surface area contributed by atoms with Gasteiger partial charge < -0.3 is 9.67 Å². The predicted octanol–water partition coefficient (Wildman–Crippen LogP) is 2.09. The maximum absolute atomic E-state index is 12.0. The van der Waals surface area contributed by atoms with Gasteiger partial charge in [-0.05, 0) is 17.9 Å². The van der Waals surface area contributed by atoms with Crippen molar-refractivity contribution in [3.05, 3.63) is 48.0 Å². The van der Waals surface area contributed by atoms with Crippen LogP contribution in [-0.2, 0) is 18.4 Å². The molecule has 0 saturated carbocycles. The SMILES string of the molecule is CSc1ccccc1[C@H](C(=O)O)N1CCN(Cc2nccn2C)CC1. The minimum absolute atomic E-state index is 0.584. The number of carbonyl (C=O) groups is 1. The number of nitrogens with zero attached hydrogens (tertiary/aromatic N) is 4. The van der Waals surface area contributed by atoms with Crippen molar-refractivity contribution in [3.8, 4) is 0 Å². The lowest BCUT2D eigenvalue weighted by molar-refractivity contribution is -0.144. The smallest absolute Gasteiger partial charge is 0.325 e. The maximum Gasteiger partial charge on any atom is 0.325 e. The Bertz CT molecular complexity index is 725. The Balaban J connectivity index is 1.69. The number of aryl methyl sites for hydroxylation is 1. The molecule has 2 aromatic rings. The van der Waals surface area contributed by atoms with E-state index in [2.05, 4.69) is 14.8 Å². The van der Waals surface area contributed by atoms with E-state index in [0.717, 1.165) is 49.0 Å². The monoisotopic (exact) mass is 360 g/mol. The standard InChI is InChI=1S/C18H24N4O2S/c1-20-8-7-19-16(20)13-21-9-11-22(12-10-21)17(18(23)24)14-5-3-4-6-15(14)25-2/h3-8,17H,9-13H2,1-2H3,(H,23,24)/t17-/m1/s1. The number of hydrogen-bond donors (Lipinski definition) is 1. The first-order chi connectivity index (χ1) is 12.1. The van der Waals surface area contributed by atoms with Crippen LogP contribution in [0.3, 0.4) is 0 Å². The number of rotatable bonds is 6. The number of aliphatic carboxylic acids is 1. The van der Waals surface area contributed by atoms with Crippen molar-refractivity contribution in [2.45, 2.75) is 17.5 Å². The van der Waals surface area contributed by atoms with Gasteiger partial charge in [-0.2, -0.15) is 0 Å². The second-order valence-electron chi connectivity index (χ2n) is 6.25. The molecule has 1 aliphatic rings. The zero-order valence-electron chi connectivity index (χ0n) is 14.6. The predicted molar refractivity (Wildman–Crippen MR) is 98.7 cm³/mol. The Kier molecular flexibility index (Phi) is 5.78. The first kappa shape index (κ1) is 18.0. The topological polar surface area (TPSA) is 61.6 Å². The van der Waals surface area contributed by atoms with Gasteiger partial charge in [0, 0.05) is 50.5 Å². The first-order valence-electron chi connectivity index (χ1n) is 8.38. The molecule has 134 valence electrons. The molecule has 1 fully saturated rings. The summed E-state index contributed by atoms with van der Waals surface area (Å²) in [7, 11) is 2.00. The molecule has 0 amide bonds. The molecular weight excluding hydrogens is 336 g/mol. The van der Waals surface area contributed by atoms with Crippen LogP contribution in [-0.4, -0.2) is 62.9 Å². The molecule has 0 spiro atoms. The van der Waals surface area contributed by atoms with E-state index in [1.807, 2.05) is 54.5 Å². The number of thioether (sulfide) groups is 1. The third-order valence-electron chi connectivity index (χ3n) is 4.73. The Morgan fingerprint density at radius 2 is 2.00 bits per heavy atom. The largest absolute Gasteiger partial charge is 0.480 e. The lowest BCUT2D eigenvalue weighted by Crippen LogP contribution is -2.49. The van der Waals surface area contributed by atoms with Crippen LogP contribution in [0.25, 0.3) is 0 Å². The summed E-state index contributed by atoms with van der Waals surface area (Å²) in [4.78, 5) is 21.8. The number of hydrogen-bond acceptors (Lipinski definition) is 5. The van der Waals surface area contributed by atoms with Crippen LogP contribution in [0, 0.1) is 0 Å². The molecule has 7 heteroatoms. The number of benzene rings is 1. The van der Waals surface area contributed by atoms with Crippen molar-refractivity contribution in [2.24, 2.45) is 7.05 Å². The molecular formula is C18H24N4O2S. The molecule has 0 bridgehead atoms. The fourth-order valence-electron chi connectivity index (χ4n) is 3.31. The Labute approximate surface area is 152 Å². The van der Waals surface area contributed by atoms with Gasteiger partial charge in [-0.15, -0.1) is 11.8 Å². The molecule has 3 rings (SSSR count). The van der Waals surface area contributed by atoms with E-state index in [0.29, 0.717) is 0 Å². The summed E-state index contributed by atoms with van der Waals surface area (Å²) in [5.74, 6) is 0.259. The third-order valence-corrected chi connectivity index (χ3v) is 5.54. The highest BCUT2D eigenvalue weighted by molar-refractivity contribution is 7.98. The Hall–Kier alpha value is -1.83. The van der Waals surface area contributed by atoms with E-state index in [1.165, 1.54) is 0 Å². The molecule has 1 N–H and O–H groups in total. The summed E-state index contributed by atoms with van der Waals surface area (Å²) in [6, 6.07) is 7.22. The van der Waals surface area contributed by atoms with Crippen LogP contribution in [0.4, 0.5) is 0 Å². The highest BCUT2D eigenvalue weighted by Gasteiger charge is 2.31. The summed E-state index contributed by atoms with van der Waals surface area (Å²) in [5.41, 5.74) is 0.889. The fourth-order valence-corrected chi connectivity index (χ4v) is 3.94. The van der Waals surface area contributed by atoms with Crippen molar-refractivity contribution in [2.75, 3.05) is 32.4 Å². The van der Waals surface area contributed by atoms with Crippen LogP contribution >= 0.6 is 11.8 Å². The van der Waals surface area contributed by atoms with Gasteiger partial charge in [0.1, 0.15) is 11.9 Å². The first-order valence-corrected chi connectivity index (χ1v) is 9.61. The van der Waals surface area contributed by atoms with E-state index in [9.17, 15) is 9.90 Å². The van der Waals surface area contributed by atoms with Crippen LogP contribution in [0.5, 0.6) is 0 Å². The Morgan fingerprint density at radius 1 is 1.28 bits per heavy atom. The van der Waals surface area contributed by atoms with Crippen molar-refractivity contribution in [1.82, 2.24) is 19.4 Å². The van der Waals surface area contributed by atoms with Crippen LogP contribution in [0.2, 0.25) is 0 Å². The second kappa shape index (κ2) is 8.03. The van der Waals surface area contributed by atoms with Gasteiger partial charge in [-0.3, -0.25) is 14.6 Å². The van der Waals surface area contributed by atoms with Crippen molar-refractivity contribution < 1.29 is 9.90 Å². The molecule has 6 nitrogen and oxygen atoms in total. The van der Waals surface area contributed by atoms with Gasteiger partial charge in [0.15, 0.2) is 0 Å². The summed E-state index contributed by atoms with van der Waals surface area (Å²) in [5, 5.41) is 9.83. The van der Waals surface area contributed by atoms with E-state index in [-0.39, 0.29) is 0 Å². The van der Waals surface area contributed by atoms with E-state index >= 15 is 0 Å². The number of aromatic nitrogens is 2. The molecule has 2 heterocycles. The number of carboxylic acid groups (broad SMARTS) is 1. The average molecular weight is 360 g/mol. The third kappa shape index (κ3) is 4.05.